The van der Waals surface area contributed by atoms with Gasteiger partial charge in [0.2, 0.25) is 5.91 Å². The molecule has 1 atom stereocenters. The summed E-state index contributed by atoms with van der Waals surface area (Å²) in [4.78, 5) is 19.8. The summed E-state index contributed by atoms with van der Waals surface area (Å²) in [6, 6.07) is 1.85. The van der Waals surface area contributed by atoms with E-state index in [1.165, 1.54) is 0 Å². The van der Waals surface area contributed by atoms with E-state index in [1.54, 1.807) is 6.20 Å². The number of halogens is 1. The summed E-state index contributed by atoms with van der Waals surface area (Å²) in [5, 5.41) is 0. The summed E-state index contributed by atoms with van der Waals surface area (Å²) < 4.78 is 1.88. The highest BCUT2D eigenvalue weighted by Gasteiger charge is 2.17. The van der Waals surface area contributed by atoms with E-state index in [0.717, 1.165) is 16.7 Å². The van der Waals surface area contributed by atoms with Gasteiger partial charge in [-0.1, -0.05) is 0 Å². The minimum atomic E-state index is -0.350. The van der Waals surface area contributed by atoms with Gasteiger partial charge in [0.1, 0.15) is 11.3 Å². The van der Waals surface area contributed by atoms with Gasteiger partial charge in [-0.25, -0.2) is 9.97 Å². The number of alkyl halides is 1. The molecule has 1 unspecified atom stereocenters. The Kier molecular flexibility index (Phi) is 3.52. The van der Waals surface area contributed by atoms with Gasteiger partial charge < -0.3 is 10.3 Å². The summed E-state index contributed by atoms with van der Waals surface area (Å²) in [6.45, 7) is 3.86. The number of primary amides is 1. The second kappa shape index (κ2) is 4.94. The molecule has 96 valence electrons. The zero-order valence-corrected chi connectivity index (χ0v) is 11.1. The van der Waals surface area contributed by atoms with Crippen molar-refractivity contribution in [2.75, 3.05) is 0 Å². The van der Waals surface area contributed by atoms with E-state index in [9.17, 15) is 4.79 Å². The first-order valence-electron chi connectivity index (χ1n) is 5.70. The second-order valence-electron chi connectivity index (χ2n) is 4.41. The molecular formula is C12H15ClN4O. The lowest BCUT2D eigenvalue weighted by Crippen LogP contribution is -2.18. The molecular weight excluding hydrogens is 252 g/mol. The second-order valence-corrected chi connectivity index (χ2v) is 4.67. The number of amides is 1. The first kappa shape index (κ1) is 12.8. The van der Waals surface area contributed by atoms with Gasteiger partial charge in [0.25, 0.3) is 0 Å². The molecule has 0 spiro atoms. The lowest BCUT2D eigenvalue weighted by atomic mass is 10.2. The van der Waals surface area contributed by atoms with Crippen LogP contribution in [0.1, 0.15) is 30.8 Å². The molecule has 2 aromatic heterocycles. The third-order valence-corrected chi connectivity index (χ3v) is 3.04. The molecule has 0 saturated carbocycles. The minimum absolute atomic E-state index is 0.101. The van der Waals surface area contributed by atoms with E-state index in [2.05, 4.69) is 9.97 Å². The monoisotopic (exact) mass is 266 g/mol. The van der Waals surface area contributed by atoms with Gasteiger partial charge in [0.15, 0.2) is 5.65 Å². The number of aromatic nitrogens is 3. The highest BCUT2D eigenvalue weighted by Crippen LogP contribution is 2.23. The zero-order chi connectivity index (χ0) is 13.3. The fourth-order valence-electron chi connectivity index (χ4n) is 2.07. The molecule has 0 radical (unpaired) electrons. The van der Waals surface area contributed by atoms with E-state index in [1.807, 2.05) is 24.5 Å². The van der Waals surface area contributed by atoms with Crippen molar-refractivity contribution >= 4 is 28.7 Å². The Morgan fingerprint density at radius 3 is 2.94 bits per heavy atom. The van der Waals surface area contributed by atoms with Crippen molar-refractivity contribution < 1.29 is 4.79 Å². The van der Waals surface area contributed by atoms with Gasteiger partial charge in [0.05, 0.1) is 5.88 Å². The quantitative estimate of drug-likeness (QED) is 0.859. The largest absolute Gasteiger partial charge is 0.370 e. The predicted molar refractivity (Wildman–Crippen MR) is 70.3 cm³/mol. The maximum absolute atomic E-state index is 11.0. The molecule has 0 aliphatic heterocycles. The molecule has 0 bridgehead atoms. The third-order valence-electron chi connectivity index (χ3n) is 2.80. The molecule has 0 aromatic carbocycles. The third kappa shape index (κ3) is 2.31. The van der Waals surface area contributed by atoms with E-state index < -0.39 is 0 Å². The molecule has 5 nitrogen and oxygen atoms in total. The van der Waals surface area contributed by atoms with Crippen LogP contribution in [-0.4, -0.2) is 20.4 Å². The van der Waals surface area contributed by atoms with Crippen molar-refractivity contribution in [2.24, 2.45) is 5.73 Å². The summed E-state index contributed by atoms with van der Waals surface area (Å²) in [5.41, 5.74) is 7.81. The van der Waals surface area contributed by atoms with Crippen LogP contribution >= 0.6 is 11.6 Å². The van der Waals surface area contributed by atoms with Crippen molar-refractivity contribution in [3.8, 4) is 0 Å². The molecule has 2 heterocycles. The zero-order valence-electron chi connectivity index (χ0n) is 10.4. The molecule has 18 heavy (non-hydrogen) atoms. The van der Waals surface area contributed by atoms with Crippen molar-refractivity contribution in [3.05, 3.63) is 23.7 Å². The van der Waals surface area contributed by atoms with Gasteiger partial charge in [-0.3, -0.25) is 4.79 Å². The fourth-order valence-corrected chi connectivity index (χ4v) is 2.26. The lowest BCUT2D eigenvalue weighted by Gasteiger charge is -2.14. The number of carbonyl (C=O) groups excluding carboxylic acids is 1. The van der Waals surface area contributed by atoms with Gasteiger partial charge >= 0.3 is 0 Å². The number of nitrogens with zero attached hydrogens (tertiary/aromatic N) is 3. The highest BCUT2D eigenvalue weighted by atomic mass is 35.5. The predicted octanol–water partition coefficient (Wildman–Crippen LogP) is 1.91. The maximum atomic E-state index is 11.0. The summed E-state index contributed by atoms with van der Waals surface area (Å²) in [5.74, 6) is 0.633. The van der Waals surface area contributed by atoms with Crippen LogP contribution in [0.25, 0.3) is 11.2 Å². The van der Waals surface area contributed by atoms with Crippen LogP contribution in [0.5, 0.6) is 0 Å². The van der Waals surface area contributed by atoms with Gasteiger partial charge in [-0.15, -0.1) is 11.6 Å². The number of nitrogens with two attached hydrogens (primary N) is 1. The molecule has 0 fully saturated rings. The Morgan fingerprint density at radius 2 is 2.33 bits per heavy atom. The van der Waals surface area contributed by atoms with Gasteiger partial charge in [0, 0.05) is 18.7 Å². The van der Waals surface area contributed by atoms with Crippen LogP contribution in [0.4, 0.5) is 0 Å². The first-order valence-corrected chi connectivity index (χ1v) is 6.24. The van der Waals surface area contributed by atoms with Crippen molar-refractivity contribution in [3.63, 3.8) is 0 Å². The standard InChI is InChI=1S/C12H15ClN4O/c1-7-3-9-12(15-6-7)17(11(5-13)16-9)8(2)4-10(14)18/h3,6,8H,4-5H2,1-2H3,(H2,14,18). The number of fused-ring (bicyclic) bond motifs is 1. The number of hydrogen-bond donors (Lipinski definition) is 1. The van der Waals surface area contributed by atoms with Crippen molar-refractivity contribution in [1.29, 1.82) is 0 Å². The Balaban J connectivity index is 2.56. The highest BCUT2D eigenvalue weighted by molar-refractivity contribution is 6.16. The van der Waals surface area contributed by atoms with E-state index in [0.29, 0.717) is 5.82 Å². The number of pyridine rings is 1. The van der Waals surface area contributed by atoms with Crippen molar-refractivity contribution in [1.82, 2.24) is 14.5 Å². The molecule has 6 heteroatoms. The maximum Gasteiger partial charge on any atom is 0.219 e. The molecule has 1 amide bonds. The molecule has 0 aliphatic rings. The number of aryl methyl sites for hydroxylation is 1. The van der Waals surface area contributed by atoms with Crippen LogP contribution in [0, 0.1) is 6.92 Å². The van der Waals surface area contributed by atoms with Crippen LogP contribution in [-0.2, 0) is 10.7 Å². The van der Waals surface area contributed by atoms with Crippen molar-refractivity contribution in [2.45, 2.75) is 32.2 Å². The minimum Gasteiger partial charge on any atom is -0.370 e. The molecule has 0 saturated heterocycles. The van der Waals surface area contributed by atoms with Gasteiger partial charge in [-0.2, -0.15) is 0 Å². The fraction of sp³-hybridized carbons (Fsp3) is 0.417. The van der Waals surface area contributed by atoms with Crippen LogP contribution < -0.4 is 5.73 Å². The Labute approximate surface area is 110 Å². The van der Waals surface area contributed by atoms with E-state index >= 15 is 0 Å². The van der Waals surface area contributed by atoms with Gasteiger partial charge in [-0.05, 0) is 25.5 Å². The number of rotatable bonds is 4. The summed E-state index contributed by atoms with van der Waals surface area (Å²) in [7, 11) is 0. The number of hydrogen-bond acceptors (Lipinski definition) is 3. The molecule has 0 aliphatic carbocycles. The van der Waals surface area contributed by atoms with E-state index in [4.69, 9.17) is 17.3 Å². The average molecular weight is 267 g/mol. The Morgan fingerprint density at radius 1 is 1.61 bits per heavy atom. The average Bonchev–Trinajstić information content (AvgIpc) is 2.65. The van der Waals surface area contributed by atoms with Crippen LogP contribution in [0.15, 0.2) is 12.3 Å². The summed E-state index contributed by atoms with van der Waals surface area (Å²) >= 11 is 5.90. The van der Waals surface area contributed by atoms with E-state index in [-0.39, 0.29) is 24.2 Å². The Bertz CT molecular complexity index is 593. The Hall–Kier alpha value is -1.62. The molecule has 2 rings (SSSR count). The summed E-state index contributed by atoms with van der Waals surface area (Å²) in [6.07, 6.45) is 2.01. The van der Waals surface area contributed by atoms with Crippen LogP contribution in [0.3, 0.4) is 0 Å². The smallest absolute Gasteiger partial charge is 0.219 e. The topological polar surface area (TPSA) is 73.8 Å². The first-order chi connectivity index (χ1) is 8.52. The molecule has 2 aromatic rings. The lowest BCUT2D eigenvalue weighted by molar-refractivity contribution is -0.118. The normalized spacial score (nSPS) is 12.8. The number of carbonyl (C=O) groups is 1. The SMILES string of the molecule is Cc1cnc2c(c1)nc(CCl)n2C(C)CC(N)=O. The number of imidazole rings is 1. The van der Waals surface area contributed by atoms with Crippen LogP contribution in [0.2, 0.25) is 0 Å². The molecule has 2 N–H and O–H groups in total.